The third kappa shape index (κ3) is 2.45. The fourth-order valence-corrected chi connectivity index (χ4v) is 4.99. The third-order valence-corrected chi connectivity index (χ3v) is 6.16. The van der Waals surface area contributed by atoms with Crippen LogP contribution in [0.1, 0.15) is 6.42 Å². The molecule has 3 heterocycles. The monoisotopic (exact) mass is 273 g/mol. The number of rotatable bonds is 1. The summed E-state index contributed by atoms with van der Waals surface area (Å²) in [5, 5.41) is 6.95. The van der Waals surface area contributed by atoms with Crippen molar-refractivity contribution in [3.63, 3.8) is 0 Å². The van der Waals surface area contributed by atoms with E-state index in [-0.39, 0.29) is 10.9 Å². The van der Waals surface area contributed by atoms with Crippen LogP contribution < -0.4 is 10.6 Å². The number of carbonyl (C=O) groups excluding carboxylic acids is 1. The minimum Gasteiger partial charge on any atom is -0.340 e. The number of nitrogens with zero attached hydrogens (tertiary/aromatic N) is 1. The summed E-state index contributed by atoms with van der Waals surface area (Å²) in [5.74, 6) is 3.45. The van der Waals surface area contributed by atoms with Crippen molar-refractivity contribution in [1.82, 2.24) is 15.5 Å². The quantitative estimate of drug-likeness (QED) is 0.702. The van der Waals surface area contributed by atoms with Gasteiger partial charge in [0.05, 0.1) is 10.9 Å². The van der Waals surface area contributed by atoms with Crippen molar-refractivity contribution < 1.29 is 4.79 Å². The van der Waals surface area contributed by atoms with E-state index < -0.39 is 0 Å². The van der Waals surface area contributed by atoms with Gasteiger partial charge in [0.25, 0.3) is 0 Å². The van der Waals surface area contributed by atoms with E-state index in [4.69, 9.17) is 0 Å². The normalized spacial score (nSPS) is 37.9. The Morgan fingerprint density at radius 1 is 1.35 bits per heavy atom. The summed E-state index contributed by atoms with van der Waals surface area (Å²) in [6.45, 7) is 3.92. The highest BCUT2D eigenvalue weighted by Crippen LogP contribution is 2.35. The van der Waals surface area contributed by atoms with Crippen molar-refractivity contribution in [3.8, 4) is 0 Å². The van der Waals surface area contributed by atoms with Gasteiger partial charge in [-0.3, -0.25) is 10.1 Å². The second kappa shape index (κ2) is 4.99. The first-order valence-corrected chi connectivity index (χ1v) is 8.42. The summed E-state index contributed by atoms with van der Waals surface area (Å²) >= 11 is 3.87. The van der Waals surface area contributed by atoms with Crippen molar-refractivity contribution in [1.29, 1.82) is 0 Å². The molecule has 3 aliphatic rings. The standard InChI is InChI=1S/C11H19N3OS2/c15-10(14-3-5-16-6-4-14)9-7-17-11(13-9)1-2-12-8-11/h9,12-13H,1-8H2/t9-,11?/m0/s1. The molecule has 0 saturated carbocycles. The lowest BCUT2D eigenvalue weighted by molar-refractivity contribution is -0.132. The van der Waals surface area contributed by atoms with Gasteiger partial charge in [0.1, 0.15) is 0 Å². The molecule has 4 nitrogen and oxygen atoms in total. The van der Waals surface area contributed by atoms with Crippen LogP contribution >= 0.6 is 23.5 Å². The number of carbonyl (C=O) groups is 1. The predicted octanol–water partition coefficient (Wildman–Crippen LogP) is -0.0436. The van der Waals surface area contributed by atoms with Gasteiger partial charge in [0.15, 0.2) is 0 Å². The highest BCUT2D eigenvalue weighted by Gasteiger charge is 2.44. The average Bonchev–Trinajstić information content (AvgIpc) is 3.01. The second-order valence-electron chi connectivity index (χ2n) is 4.87. The maximum absolute atomic E-state index is 12.4. The molecule has 17 heavy (non-hydrogen) atoms. The van der Waals surface area contributed by atoms with Gasteiger partial charge >= 0.3 is 0 Å². The highest BCUT2D eigenvalue weighted by molar-refractivity contribution is 8.01. The van der Waals surface area contributed by atoms with Gasteiger partial charge in [0, 0.05) is 36.9 Å². The van der Waals surface area contributed by atoms with Crippen LogP contribution in [-0.2, 0) is 4.79 Å². The molecule has 3 fully saturated rings. The Kier molecular flexibility index (Phi) is 3.57. The van der Waals surface area contributed by atoms with Crippen molar-refractivity contribution in [2.24, 2.45) is 0 Å². The molecule has 0 bridgehead atoms. The Balaban J connectivity index is 1.59. The maximum Gasteiger partial charge on any atom is 0.240 e. The minimum absolute atomic E-state index is 0.0444. The molecule has 96 valence electrons. The number of amides is 1. The van der Waals surface area contributed by atoms with Gasteiger partial charge in [-0.1, -0.05) is 0 Å². The van der Waals surface area contributed by atoms with Crippen LogP contribution in [0.5, 0.6) is 0 Å². The number of hydrogen-bond donors (Lipinski definition) is 2. The smallest absolute Gasteiger partial charge is 0.240 e. The van der Waals surface area contributed by atoms with E-state index in [1.54, 1.807) is 0 Å². The Labute approximate surface area is 111 Å². The van der Waals surface area contributed by atoms with Crippen LogP contribution in [0.4, 0.5) is 0 Å². The minimum atomic E-state index is 0.0444. The Morgan fingerprint density at radius 2 is 2.18 bits per heavy atom. The molecule has 0 aromatic carbocycles. The molecule has 3 saturated heterocycles. The van der Waals surface area contributed by atoms with E-state index in [2.05, 4.69) is 10.6 Å². The molecular weight excluding hydrogens is 254 g/mol. The van der Waals surface area contributed by atoms with Crippen LogP contribution in [-0.4, -0.2) is 65.2 Å². The van der Waals surface area contributed by atoms with Gasteiger partial charge in [-0.15, -0.1) is 11.8 Å². The molecule has 0 aromatic rings. The Bertz CT molecular complexity index is 301. The highest BCUT2D eigenvalue weighted by atomic mass is 32.2. The zero-order chi connectivity index (χ0) is 11.7. The number of nitrogens with one attached hydrogen (secondary N) is 2. The molecule has 3 aliphatic heterocycles. The van der Waals surface area contributed by atoms with E-state index in [0.717, 1.165) is 49.9 Å². The van der Waals surface area contributed by atoms with Crippen molar-refractivity contribution >= 4 is 29.4 Å². The Hall–Kier alpha value is 0.0900. The first-order chi connectivity index (χ1) is 8.29. The molecule has 1 amide bonds. The topological polar surface area (TPSA) is 44.4 Å². The van der Waals surface area contributed by atoms with Crippen molar-refractivity contribution in [2.45, 2.75) is 17.3 Å². The van der Waals surface area contributed by atoms with Crippen LogP contribution in [0.15, 0.2) is 0 Å². The zero-order valence-electron chi connectivity index (χ0n) is 9.91. The summed E-state index contributed by atoms with van der Waals surface area (Å²) in [5.41, 5.74) is 0. The largest absolute Gasteiger partial charge is 0.340 e. The fraction of sp³-hybridized carbons (Fsp3) is 0.909. The van der Waals surface area contributed by atoms with Crippen LogP contribution in [0.3, 0.4) is 0 Å². The molecule has 0 aromatic heterocycles. The van der Waals surface area contributed by atoms with E-state index in [1.807, 2.05) is 28.4 Å². The molecule has 2 N–H and O–H groups in total. The summed E-state index contributed by atoms with van der Waals surface area (Å²) < 4.78 is 0. The molecular formula is C11H19N3OS2. The summed E-state index contributed by atoms with van der Waals surface area (Å²) in [4.78, 5) is 14.5. The SMILES string of the molecule is O=C([C@@H]1CSC2(CCNC2)N1)N1CCSCC1. The lowest BCUT2D eigenvalue weighted by Gasteiger charge is -2.30. The van der Waals surface area contributed by atoms with E-state index in [0.29, 0.717) is 5.91 Å². The summed E-state index contributed by atoms with van der Waals surface area (Å²) in [6, 6.07) is 0.0444. The van der Waals surface area contributed by atoms with Gasteiger partial charge in [0.2, 0.25) is 5.91 Å². The summed E-state index contributed by atoms with van der Waals surface area (Å²) in [6.07, 6.45) is 1.14. The first-order valence-electron chi connectivity index (χ1n) is 6.28. The number of hydrogen-bond acceptors (Lipinski definition) is 5. The third-order valence-electron chi connectivity index (χ3n) is 3.70. The average molecular weight is 273 g/mol. The molecule has 0 aliphatic carbocycles. The van der Waals surface area contributed by atoms with Crippen LogP contribution in [0.2, 0.25) is 0 Å². The maximum atomic E-state index is 12.4. The zero-order valence-corrected chi connectivity index (χ0v) is 11.5. The Morgan fingerprint density at radius 3 is 2.88 bits per heavy atom. The van der Waals surface area contributed by atoms with Crippen molar-refractivity contribution in [2.75, 3.05) is 43.4 Å². The lowest BCUT2D eigenvalue weighted by Crippen LogP contribution is -2.52. The van der Waals surface area contributed by atoms with Crippen molar-refractivity contribution in [3.05, 3.63) is 0 Å². The molecule has 2 atom stereocenters. The van der Waals surface area contributed by atoms with Gasteiger partial charge in [-0.25, -0.2) is 0 Å². The molecule has 3 rings (SSSR count). The predicted molar refractivity (Wildman–Crippen MR) is 73.5 cm³/mol. The van der Waals surface area contributed by atoms with Gasteiger partial charge in [-0.05, 0) is 13.0 Å². The fourth-order valence-electron chi connectivity index (χ4n) is 2.70. The first kappa shape index (κ1) is 12.1. The molecule has 0 radical (unpaired) electrons. The van der Waals surface area contributed by atoms with E-state index >= 15 is 0 Å². The molecule has 1 spiro atoms. The molecule has 1 unspecified atom stereocenters. The van der Waals surface area contributed by atoms with Gasteiger partial charge in [-0.2, -0.15) is 11.8 Å². The lowest BCUT2D eigenvalue weighted by atomic mass is 10.2. The van der Waals surface area contributed by atoms with Crippen LogP contribution in [0, 0.1) is 0 Å². The molecule has 6 heteroatoms. The second-order valence-corrected chi connectivity index (χ2v) is 7.49. The van der Waals surface area contributed by atoms with E-state index in [1.165, 1.54) is 0 Å². The summed E-state index contributed by atoms with van der Waals surface area (Å²) in [7, 11) is 0. The van der Waals surface area contributed by atoms with Gasteiger partial charge < -0.3 is 10.2 Å². The number of thioether (sulfide) groups is 2. The van der Waals surface area contributed by atoms with Crippen LogP contribution in [0.25, 0.3) is 0 Å². The van der Waals surface area contributed by atoms with E-state index in [9.17, 15) is 4.79 Å².